The summed E-state index contributed by atoms with van der Waals surface area (Å²) < 4.78 is 21.5. The topological polar surface area (TPSA) is 57.2 Å². The van der Waals surface area contributed by atoms with E-state index in [4.69, 9.17) is 24.1 Å². The molecule has 0 aliphatic rings. The molecule has 0 saturated heterocycles. The minimum atomic E-state index is 0.0561. The molecule has 1 unspecified atom stereocenters. The minimum absolute atomic E-state index is 0.0561. The van der Waals surface area contributed by atoms with Gasteiger partial charge in [-0.3, -0.25) is 0 Å². The van der Waals surface area contributed by atoms with E-state index in [-0.39, 0.29) is 6.61 Å². The van der Waals surface area contributed by atoms with E-state index in [1.165, 1.54) is 38.5 Å². The number of aliphatic hydroxyl groups is 1. The van der Waals surface area contributed by atoms with Crippen molar-refractivity contribution >= 4 is 0 Å². The molecular weight excluding hydrogens is 296 g/mol. The lowest BCUT2D eigenvalue weighted by molar-refractivity contribution is -0.00868. The molecule has 0 fully saturated rings. The Hall–Kier alpha value is -0.200. The van der Waals surface area contributed by atoms with E-state index in [0.29, 0.717) is 52.2 Å². The molecule has 23 heavy (non-hydrogen) atoms. The molecule has 0 aromatic carbocycles. The van der Waals surface area contributed by atoms with Gasteiger partial charge in [-0.2, -0.15) is 0 Å². The minimum Gasteiger partial charge on any atom is -0.394 e. The standard InChI is InChI=1S/C18H38O5/c1-3-4-5-6-7-8-18(2)17-23-16-15-22-14-13-21-12-11-20-10-9-19/h18-19H,3-17H2,1-2H3. The maximum atomic E-state index is 8.52. The number of unbranched alkanes of at least 4 members (excludes halogenated alkanes) is 4. The van der Waals surface area contributed by atoms with Crippen molar-refractivity contribution in [3.8, 4) is 0 Å². The first-order valence-corrected chi connectivity index (χ1v) is 9.23. The molecule has 0 aromatic rings. The first-order chi connectivity index (χ1) is 11.3. The summed E-state index contributed by atoms with van der Waals surface area (Å²) in [6.45, 7) is 9.23. The number of rotatable bonds is 19. The van der Waals surface area contributed by atoms with Crippen molar-refractivity contribution in [1.82, 2.24) is 0 Å². The Balaban J connectivity index is 3.08. The second-order valence-corrected chi connectivity index (χ2v) is 5.94. The zero-order valence-corrected chi connectivity index (χ0v) is 15.3. The van der Waals surface area contributed by atoms with E-state index in [1.807, 2.05) is 0 Å². The predicted molar refractivity (Wildman–Crippen MR) is 92.9 cm³/mol. The average Bonchev–Trinajstić information content (AvgIpc) is 2.55. The molecule has 0 amide bonds. The maximum Gasteiger partial charge on any atom is 0.0701 e. The van der Waals surface area contributed by atoms with Gasteiger partial charge in [0.25, 0.3) is 0 Å². The molecule has 0 bridgehead atoms. The van der Waals surface area contributed by atoms with Crippen LogP contribution in [0.4, 0.5) is 0 Å². The molecule has 1 atom stereocenters. The summed E-state index contributed by atoms with van der Waals surface area (Å²) >= 11 is 0. The monoisotopic (exact) mass is 334 g/mol. The van der Waals surface area contributed by atoms with Gasteiger partial charge in [0.05, 0.1) is 52.9 Å². The van der Waals surface area contributed by atoms with Gasteiger partial charge in [0.2, 0.25) is 0 Å². The Labute approximate surface area is 142 Å². The van der Waals surface area contributed by atoms with E-state index in [9.17, 15) is 0 Å². The molecule has 0 aromatic heterocycles. The van der Waals surface area contributed by atoms with Gasteiger partial charge in [0, 0.05) is 6.61 Å². The van der Waals surface area contributed by atoms with Crippen molar-refractivity contribution in [2.45, 2.75) is 52.4 Å². The van der Waals surface area contributed by atoms with Gasteiger partial charge in [-0.25, -0.2) is 0 Å². The Kier molecular flexibility index (Phi) is 19.7. The third-order valence-corrected chi connectivity index (χ3v) is 3.55. The SMILES string of the molecule is CCCCCCCC(C)COCCOCCOCCOCCO. The molecule has 0 radical (unpaired) electrons. The second-order valence-electron chi connectivity index (χ2n) is 5.94. The molecular formula is C18H38O5. The second kappa shape index (κ2) is 19.8. The largest absolute Gasteiger partial charge is 0.394 e. The quantitative estimate of drug-likeness (QED) is 0.368. The van der Waals surface area contributed by atoms with E-state index < -0.39 is 0 Å². The van der Waals surface area contributed by atoms with Crippen molar-refractivity contribution in [3.05, 3.63) is 0 Å². The van der Waals surface area contributed by atoms with Gasteiger partial charge in [0.15, 0.2) is 0 Å². The lowest BCUT2D eigenvalue weighted by Gasteiger charge is -2.12. The van der Waals surface area contributed by atoms with Gasteiger partial charge in [0.1, 0.15) is 0 Å². The van der Waals surface area contributed by atoms with Crippen LogP contribution < -0.4 is 0 Å². The summed E-state index contributed by atoms with van der Waals surface area (Å²) in [5, 5.41) is 8.52. The van der Waals surface area contributed by atoms with Crippen molar-refractivity contribution in [2.75, 3.05) is 59.5 Å². The maximum absolute atomic E-state index is 8.52. The van der Waals surface area contributed by atoms with Crippen LogP contribution >= 0.6 is 0 Å². The Morgan fingerprint density at radius 1 is 0.696 bits per heavy atom. The van der Waals surface area contributed by atoms with Gasteiger partial charge < -0.3 is 24.1 Å². The smallest absolute Gasteiger partial charge is 0.0701 e. The lowest BCUT2D eigenvalue weighted by Crippen LogP contribution is -2.14. The van der Waals surface area contributed by atoms with Crippen molar-refractivity contribution < 1.29 is 24.1 Å². The number of hydrogen-bond donors (Lipinski definition) is 1. The average molecular weight is 334 g/mol. The van der Waals surface area contributed by atoms with Crippen molar-refractivity contribution in [1.29, 1.82) is 0 Å². The normalized spacial score (nSPS) is 12.7. The van der Waals surface area contributed by atoms with Crippen LogP contribution in [0.2, 0.25) is 0 Å². The van der Waals surface area contributed by atoms with Gasteiger partial charge in [-0.1, -0.05) is 46.0 Å². The lowest BCUT2D eigenvalue weighted by atomic mass is 10.0. The van der Waals surface area contributed by atoms with E-state index >= 15 is 0 Å². The first-order valence-electron chi connectivity index (χ1n) is 9.23. The van der Waals surface area contributed by atoms with Crippen LogP contribution in [0.25, 0.3) is 0 Å². The molecule has 0 spiro atoms. The highest BCUT2D eigenvalue weighted by Crippen LogP contribution is 2.11. The summed E-state index contributed by atoms with van der Waals surface area (Å²) in [5.74, 6) is 0.638. The zero-order valence-electron chi connectivity index (χ0n) is 15.3. The number of ether oxygens (including phenoxy) is 4. The van der Waals surface area contributed by atoms with Crippen LogP contribution in [0.1, 0.15) is 52.4 Å². The van der Waals surface area contributed by atoms with Crippen LogP contribution in [0.15, 0.2) is 0 Å². The number of aliphatic hydroxyl groups excluding tert-OH is 1. The fourth-order valence-electron chi connectivity index (χ4n) is 2.19. The van der Waals surface area contributed by atoms with Gasteiger partial charge in [-0.15, -0.1) is 0 Å². The van der Waals surface area contributed by atoms with Crippen molar-refractivity contribution in [3.63, 3.8) is 0 Å². The summed E-state index contributed by atoms with van der Waals surface area (Å²) in [5.41, 5.74) is 0. The summed E-state index contributed by atoms with van der Waals surface area (Å²) in [6.07, 6.45) is 7.97. The molecule has 5 heteroatoms. The fourth-order valence-corrected chi connectivity index (χ4v) is 2.19. The zero-order chi connectivity index (χ0) is 17.0. The summed E-state index contributed by atoms with van der Waals surface area (Å²) in [4.78, 5) is 0. The highest BCUT2D eigenvalue weighted by Gasteiger charge is 2.02. The van der Waals surface area contributed by atoms with E-state index in [0.717, 1.165) is 6.61 Å². The van der Waals surface area contributed by atoms with Crippen molar-refractivity contribution in [2.24, 2.45) is 5.92 Å². The molecule has 0 saturated carbocycles. The van der Waals surface area contributed by atoms with Crippen LogP contribution in [-0.2, 0) is 18.9 Å². The third kappa shape index (κ3) is 19.8. The van der Waals surface area contributed by atoms with E-state index in [1.54, 1.807) is 0 Å². The third-order valence-electron chi connectivity index (χ3n) is 3.55. The molecule has 5 nitrogen and oxygen atoms in total. The molecule has 1 N–H and O–H groups in total. The van der Waals surface area contributed by atoms with Crippen LogP contribution in [0, 0.1) is 5.92 Å². The highest BCUT2D eigenvalue weighted by atomic mass is 16.6. The summed E-state index contributed by atoms with van der Waals surface area (Å²) in [7, 11) is 0. The van der Waals surface area contributed by atoms with Crippen LogP contribution in [-0.4, -0.2) is 64.6 Å². The Morgan fingerprint density at radius 2 is 1.22 bits per heavy atom. The Morgan fingerprint density at radius 3 is 1.78 bits per heavy atom. The van der Waals surface area contributed by atoms with Crippen LogP contribution in [0.5, 0.6) is 0 Å². The van der Waals surface area contributed by atoms with Gasteiger partial charge >= 0.3 is 0 Å². The van der Waals surface area contributed by atoms with Crippen LogP contribution in [0.3, 0.4) is 0 Å². The molecule has 0 aliphatic carbocycles. The molecule has 0 heterocycles. The summed E-state index contributed by atoms with van der Waals surface area (Å²) in [6, 6.07) is 0. The predicted octanol–water partition coefficient (Wildman–Crippen LogP) is 3.04. The Bertz CT molecular complexity index is 214. The fraction of sp³-hybridized carbons (Fsp3) is 1.00. The molecule has 0 aliphatic heterocycles. The first kappa shape index (κ1) is 22.8. The molecule has 140 valence electrons. The van der Waals surface area contributed by atoms with Gasteiger partial charge in [-0.05, 0) is 12.3 Å². The van der Waals surface area contributed by atoms with E-state index in [2.05, 4.69) is 13.8 Å². The number of hydrogen-bond acceptors (Lipinski definition) is 5. The highest BCUT2D eigenvalue weighted by molar-refractivity contribution is 4.52. The molecule has 0 rings (SSSR count).